The van der Waals surface area contributed by atoms with Gasteiger partial charge in [0.15, 0.2) is 5.82 Å². The lowest BCUT2D eigenvalue weighted by atomic mass is 9.74. The monoisotopic (exact) mass is 456 g/mol. The molecule has 3 rings (SSSR count). The SMILES string of the molecule is Cn1cnc(-c2cc(Cl)c(F)c(C(=O)NNS(=O)(=O)CC3CCC(C)(C)CC3)c2)c1. The predicted molar refractivity (Wildman–Crippen MR) is 114 cm³/mol. The number of rotatable bonds is 6. The molecule has 1 fully saturated rings. The standard InChI is InChI=1S/C20H26ClFN4O3S/c1-20(2)6-4-13(5-7-20)11-30(28,29)25-24-19(27)15-8-14(9-16(21)18(15)22)17-10-26(3)12-23-17/h8-10,12-13,25H,4-7,11H2,1-3H3,(H,24,27). The average Bonchev–Trinajstić information content (AvgIpc) is 3.10. The number of benzene rings is 1. The highest BCUT2D eigenvalue weighted by atomic mass is 35.5. The second-order valence-electron chi connectivity index (χ2n) is 8.69. The zero-order valence-corrected chi connectivity index (χ0v) is 18.8. The molecule has 1 aliphatic rings. The van der Waals surface area contributed by atoms with E-state index < -0.39 is 21.7 Å². The Bertz CT molecular complexity index is 1040. The minimum absolute atomic E-state index is 0.0334. The number of aromatic nitrogens is 2. The highest BCUT2D eigenvalue weighted by Gasteiger charge is 2.30. The van der Waals surface area contributed by atoms with Crippen molar-refractivity contribution in [1.82, 2.24) is 19.8 Å². The van der Waals surface area contributed by atoms with Crippen LogP contribution in [0.2, 0.25) is 5.02 Å². The average molecular weight is 457 g/mol. The fourth-order valence-corrected chi connectivity index (χ4v) is 5.14. The van der Waals surface area contributed by atoms with Gasteiger partial charge in [0, 0.05) is 18.8 Å². The Morgan fingerprint density at radius 1 is 1.33 bits per heavy atom. The molecule has 0 bridgehead atoms. The molecular formula is C20H26ClFN4O3S. The van der Waals surface area contributed by atoms with E-state index in [2.05, 4.69) is 29.1 Å². The maximum absolute atomic E-state index is 14.4. The van der Waals surface area contributed by atoms with Crippen LogP contribution >= 0.6 is 11.6 Å². The van der Waals surface area contributed by atoms with E-state index in [1.165, 1.54) is 12.1 Å². The van der Waals surface area contributed by atoms with Gasteiger partial charge in [-0.2, -0.15) is 0 Å². The number of carbonyl (C=O) groups is 1. The molecule has 10 heteroatoms. The largest absolute Gasteiger partial charge is 0.340 e. The van der Waals surface area contributed by atoms with Gasteiger partial charge in [0.1, 0.15) is 0 Å². The third-order valence-electron chi connectivity index (χ3n) is 5.51. The molecule has 1 amide bonds. The molecule has 1 aromatic carbocycles. The van der Waals surface area contributed by atoms with Crippen molar-refractivity contribution >= 4 is 27.5 Å². The Balaban J connectivity index is 1.67. The van der Waals surface area contributed by atoms with Crippen molar-refractivity contribution in [2.45, 2.75) is 39.5 Å². The van der Waals surface area contributed by atoms with Gasteiger partial charge in [0.05, 0.1) is 28.4 Å². The van der Waals surface area contributed by atoms with Gasteiger partial charge in [-0.15, -0.1) is 4.83 Å². The van der Waals surface area contributed by atoms with Crippen LogP contribution in [-0.2, 0) is 17.1 Å². The van der Waals surface area contributed by atoms with Crippen LogP contribution < -0.4 is 10.3 Å². The number of imidazole rings is 1. The predicted octanol–water partition coefficient (Wildman–Crippen LogP) is 3.66. The van der Waals surface area contributed by atoms with E-state index in [4.69, 9.17) is 11.6 Å². The molecule has 0 saturated heterocycles. The maximum atomic E-state index is 14.4. The van der Waals surface area contributed by atoms with Crippen molar-refractivity contribution in [3.8, 4) is 11.3 Å². The number of halogens is 2. The van der Waals surface area contributed by atoms with Crippen LogP contribution in [0.4, 0.5) is 4.39 Å². The van der Waals surface area contributed by atoms with Crippen LogP contribution in [0, 0.1) is 17.2 Å². The summed E-state index contributed by atoms with van der Waals surface area (Å²) >= 11 is 5.93. The van der Waals surface area contributed by atoms with Crippen LogP contribution in [0.15, 0.2) is 24.7 Å². The molecule has 30 heavy (non-hydrogen) atoms. The van der Waals surface area contributed by atoms with Crippen LogP contribution in [-0.4, -0.2) is 29.6 Å². The number of hydrogen-bond donors (Lipinski definition) is 2. The molecular weight excluding hydrogens is 431 g/mol. The molecule has 2 N–H and O–H groups in total. The summed E-state index contributed by atoms with van der Waals surface area (Å²) < 4.78 is 40.9. The normalized spacial score (nSPS) is 17.1. The first-order chi connectivity index (χ1) is 14.0. The zero-order chi connectivity index (χ0) is 22.1. The molecule has 0 spiro atoms. The molecule has 0 atom stereocenters. The van der Waals surface area contributed by atoms with Crippen LogP contribution in [0.3, 0.4) is 0 Å². The minimum Gasteiger partial charge on any atom is -0.340 e. The number of hydrogen-bond acceptors (Lipinski definition) is 4. The summed E-state index contributed by atoms with van der Waals surface area (Å²) in [6, 6.07) is 2.65. The molecule has 164 valence electrons. The van der Waals surface area contributed by atoms with Gasteiger partial charge in [-0.05, 0) is 49.1 Å². The second-order valence-corrected chi connectivity index (χ2v) is 10.9. The molecule has 0 radical (unpaired) electrons. The van der Waals surface area contributed by atoms with Crippen molar-refractivity contribution in [2.75, 3.05) is 5.75 Å². The summed E-state index contributed by atoms with van der Waals surface area (Å²) in [7, 11) is -1.98. The van der Waals surface area contributed by atoms with E-state index in [1.807, 2.05) is 0 Å². The van der Waals surface area contributed by atoms with E-state index in [0.29, 0.717) is 11.3 Å². The smallest absolute Gasteiger partial charge is 0.269 e. The number of sulfonamides is 1. The van der Waals surface area contributed by atoms with E-state index in [-0.39, 0.29) is 27.7 Å². The van der Waals surface area contributed by atoms with E-state index in [9.17, 15) is 17.6 Å². The van der Waals surface area contributed by atoms with Crippen LogP contribution in [0.25, 0.3) is 11.3 Å². The third-order valence-corrected chi connectivity index (χ3v) is 7.11. The molecule has 2 aromatic rings. The van der Waals surface area contributed by atoms with Crippen molar-refractivity contribution in [3.05, 3.63) is 41.1 Å². The second kappa shape index (κ2) is 8.64. The van der Waals surface area contributed by atoms with Crippen LogP contribution in [0.5, 0.6) is 0 Å². The number of carbonyl (C=O) groups excluding carboxylic acids is 1. The lowest BCUT2D eigenvalue weighted by molar-refractivity contribution is 0.0941. The number of aryl methyl sites for hydroxylation is 1. The van der Waals surface area contributed by atoms with Gasteiger partial charge >= 0.3 is 0 Å². The lowest BCUT2D eigenvalue weighted by Crippen LogP contribution is -2.44. The van der Waals surface area contributed by atoms with Gasteiger partial charge in [-0.25, -0.2) is 17.8 Å². The highest BCUT2D eigenvalue weighted by Crippen LogP contribution is 2.38. The Kier molecular flexibility index (Phi) is 6.54. The van der Waals surface area contributed by atoms with Gasteiger partial charge in [-0.3, -0.25) is 10.2 Å². The molecule has 0 unspecified atom stereocenters. The molecule has 1 heterocycles. The number of hydrazine groups is 1. The Hall–Kier alpha value is -1.97. The van der Waals surface area contributed by atoms with E-state index in [1.54, 1.807) is 24.1 Å². The topological polar surface area (TPSA) is 93.1 Å². The van der Waals surface area contributed by atoms with Crippen molar-refractivity contribution < 1.29 is 17.6 Å². The first kappa shape index (κ1) is 22.7. The number of nitrogens with one attached hydrogen (secondary N) is 2. The number of nitrogens with zero attached hydrogens (tertiary/aromatic N) is 2. The maximum Gasteiger partial charge on any atom is 0.269 e. The Morgan fingerprint density at radius 2 is 2.00 bits per heavy atom. The fraction of sp³-hybridized carbons (Fsp3) is 0.500. The summed E-state index contributed by atoms with van der Waals surface area (Å²) in [4.78, 5) is 18.7. The van der Waals surface area contributed by atoms with Gasteiger partial charge in [0.25, 0.3) is 5.91 Å². The molecule has 1 aliphatic carbocycles. The summed E-state index contributed by atoms with van der Waals surface area (Å²) in [5, 5.41) is -0.254. The van der Waals surface area contributed by atoms with Gasteiger partial charge < -0.3 is 4.57 Å². The highest BCUT2D eigenvalue weighted by molar-refractivity contribution is 7.89. The first-order valence-electron chi connectivity index (χ1n) is 9.73. The first-order valence-corrected chi connectivity index (χ1v) is 11.8. The number of amides is 1. The third kappa shape index (κ3) is 5.59. The summed E-state index contributed by atoms with van der Waals surface area (Å²) in [5.41, 5.74) is 2.91. The molecule has 1 saturated carbocycles. The van der Waals surface area contributed by atoms with Gasteiger partial charge in [0.2, 0.25) is 10.0 Å². The summed E-state index contributed by atoms with van der Waals surface area (Å²) in [6.45, 7) is 4.35. The molecule has 0 aliphatic heterocycles. The van der Waals surface area contributed by atoms with Gasteiger partial charge in [-0.1, -0.05) is 25.4 Å². The molecule has 7 nitrogen and oxygen atoms in total. The van der Waals surface area contributed by atoms with Crippen molar-refractivity contribution in [3.63, 3.8) is 0 Å². The van der Waals surface area contributed by atoms with Crippen molar-refractivity contribution in [1.29, 1.82) is 0 Å². The van der Waals surface area contributed by atoms with E-state index >= 15 is 0 Å². The fourth-order valence-electron chi connectivity index (χ4n) is 3.63. The quantitative estimate of drug-likeness (QED) is 0.648. The van der Waals surface area contributed by atoms with E-state index in [0.717, 1.165) is 25.7 Å². The van der Waals surface area contributed by atoms with Crippen LogP contribution in [0.1, 0.15) is 49.9 Å². The summed E-state index contributed by atoms with van der Waals surface area (Å²) in [5.74, 6) is -1.91. The Labute approximate surface area is 181 Å². The lowest BCUT2D eigenvalue weighted by Gasteiger charge is -2.34. The van der Waals surface area contributed by atoms with Crippen molar-refractivity contribution in [2.24, 2.45) is 18.4 Å². The zero-order valence-electron chi connectivity index (χ0n) is 17.2. The Morgan fingerprint density at radius 3 is 2.60 bits per heavy atom. The molecule has 1 aromatic heterocycles. The minimum atomic E-state index is -3.76. The summed E-state index contributed by atoms with van der Waals surface area (Å²) in [6.07, 6.45) is 6.82.